The molecule has 0 heterocycles. The molecule has 0 atom stereocenters. The molecule has 1 N–H and O–H groups in total. The lowest BCUT2D eigenvalue weighted by Gasteiger charge is -2.24. The Morgan fingerprint density at radius 2 is 2.06 bits per heavy atom. The minimum absolute atomic E-state index is 0.122. The zero-order valence-corrected chi connectivity index (χ0v) is 11.1. The van der Waals surface area contributed by atoms with Gasteiger partial charge in [0.2, 0.25) is 0 Å². The Hall–Kier alpha value is -1.09. The Morgan fingerprint density at radius 1 is 1.29 bits per heavy atom. The van der Waals surface area contributed by atoms with E-state index in [0.717, 1.165) is 43.7 Å². The molecule has 0 spiro atoms. The number of hydrogen-bond acceptors (Lipinski definition) is 2. The van der Waals surface area contributed by atoms with Gasteiger partial charge < -0.3 is 10.2 Å². The molecule has 0 aliphatic rings. The summed E-state index contributed by atoms with van der Waals surface area (Å²) in [6.07, 6.45) is 2.23. The van der Waals surface area contributed by atoms with Gasteiger partial charge >= 0.3 is 0 Å². The fourth-order valence-corrected chi connectivity index (χ4v) is 1.91. The average molecular weight is 238 g/mol. The maximum atomic E-state index is 13.8. The van der Waals surface area contributed by atoms with Gasteiger partial charge in [-0.2, -0.15) is 0 Å². The van der Waals surface area contributed by atoms with Crippen molar-refractivity contribution in [3.05, 3.63) is 29.6 Å². The maximum absolute atomic E-state index is 13.8. The van der Waals surface area contributed by atoms with Gasteiger partial charge in [0.05, 0.1) is 5.69 Å². The molecule has 0 radical (unpaired) electrons. The van der Waals surface area contributed by atoms with Crippen LogP contribution in [-0.4, -0.2) is 20.1 Å². The van der Waals surface area contributed by atoms with Crippen molar-refractivity contribution in [2.45, 2.75) is 33.2 Å². The van der Waals surface area contributed by atoms with E-state index in [9.17, 15) is 4.39 Å². The molecule has 0 saturated heterocycles. The zero-order chi connectivity index (χ0) is 12.7. The molecular weight excluding hydrogens is 215 g/mol. The number of anilines is 1. The Kier molecular flexibility index (Phi) is 5.98. The van der Waals surface area contributed by atoms with Gasteiger partial charge in [0.1, 0.15) is 5.82 Å². The van der Waals surface area contributed by atoms with Crippen LogP contribution >= 0.6 is 0 Å². The average Bonchev–Trinajstić information content (AvgIpc) is 2.34. The van der Waals surface area contributed by atoms with Crippen LogP contribution in [0.4, 0.5) is 10.1 Å². The molecule has 0 amide bonds. The number of hydrogen-bond donors (Lipinski definition) is 1. The van der Waals surface area contributed by atoms with E-state index in [-0.39, 0.29) is 5.82 Å². The monoisotopic (exact) mass is 238 g/mol. The van der Waals surface area contributed by atoms with Crippen molar-refractivity contribution in [3.63, 3.8) is 0 Å². The van der Waals surface area contributed by atoms with Gasteiger partial charge in [0, 0.05) is 19.6 Å². The first-order valence-electron chi connectivity index (χ1n) is 6.40. The fourth-order valence-electron chi connectivity index (χ4n) is 1.91. The molecule has 0 aliphatic heterocycles. The predicted molar refractivity (Wildman–Crippen MR) is 72.0 cm³/mol. The lowest BCUT2D eigenvalue weighted by Crippen LogP contribution is -2.25. The normalized spacial score (nSPS) is 10.6. The van der Waals surface area contributed by atoms with Gasteiger partial charge in [-0.25, -0.2) is 4.39 Å². The minimum atomic E-state index is -0.122. The van der Waals surface area contributed by atoms with Gasteiger partial charge in [0.25, 0.3) is 0 Å². The summed E-state index contributed by atoms with van der Waals surface area (Å²) < 4.78 is 13.8. The molecule has 0 bridgehead atoms. The molecule has 3 heteroatoms. The smallest absolute Gasteiger partial charge is 0.146 e. The SMILES string of the molecule is CCCCN(CC)c1cc(CNC)ccc1F. The van der Waals surface area contributed by atoms with Crippen molar-refractivity contribution in [3.8, 4) is 0 Å². The molecule has 1 rings (SSSR count). The van der Waals surface area contributed by atoms with E-state index in [0.29, 0.717) is 0 Å². The van der Waals surface area contributed by atoms with Gasteiger partial charge in [-0.15, -0.1) is 0 Å². The highest BCUT2D eigenvalue weighted by Crippen LogP contribution is 2.21. The third-order valence-electron chi connectivity index (χ3n) is 2.90. The Labute approximate surface area is 104 Å². The summed E-state index contributed by atoms with van der Waals surface area (Å²) >= 11 is 0. The predicted octanol–water partition coefficient (Wildman–Crippen LogP) is 3.17. The van der Waals surface area contributed by atoms with Crippen LogP contribution in [0.15, 0.2) is 18.2 Å². The highest BCUT2D eigenvalue weighted by Gasteiger charge is 2.10. The molecule has 0 fully saturated rings. The van der Waals surface area contributed by atoms with Gasteiger partial charge in [-0.3, -0.25) is 0 Å². The van der Waals surface area contributed by atoms with Gasteiger partial charge in [-0.1, -0.05) is 19.4 Å². The standard InChI is InChI=1S/C14H23FN2/c1-4-6-9-17(5-2)14-10-12(11-16-3)7-8-13(14)15/h7-8,10,16H,4-6,9,11H2,1-3H3. The molecule has 1 aromatic carbocycles. The Balaban J connectivity index is 2.87. The minimum Gasteiger partial charge on any atom is -0.369 e. The van der Waals surface area contributed by atoms with E-state index in [1.54, 1.807) is 6.07 Å². The van der Waals surface area contributed by atoms with Crippen LogP contribution in [0.25, 0.3) is 0 Å². The van der Waals surface area contributed by atoms with Crippen molar-refractivity contribution in [2.75, 3.05) is 25.0 Å². The van der Waals surface area contributed by atoms with Crippen LogP contribution in [-0.2, 0) is 6.54 Å². The molecule has 17 heavy (non-hydrogen) atoms. The first-order chi connectivity index (χ1) is 8.22. The molecular formula is C14H23FN2. The second-order valence-corrected chi connectivity index (χ2v) is 4.25. The van der Waals surface area contributed by atoms with Crippen LogP contribution < -0.4 is 10.2 Å². The van der Waals surface area contributed by atoms with Crippen molar-refractivity contribution in [1.82, 2.24) is 5.32 Å². The molecule has 0 saturated carbocycles. The molecule has 0 aliphatic carbocycles. The first-order valence-corrected chi connectivity index (χ1v) is 6.40. The van der Waals surface area contributed by atoms with Crippen LogP contribution in [0.3, 0.4) is 0 Å². The number of rotatable bonds is 7. The number of halogens is 1. The second-order valence-electron chi connectivity index (χ2n) is 4.25. The number of nitrogens with one attached hydrogen (secondary N) is 1. The third kappa shape index (κ3) is 4.00. The zero-order valence-electron chi connectivity index (χ0n) is 11.1. The maximum Gasteiger partial charge on any atom is 0.146 e. The van der Waals surface area contributed by atoms with E-state index >= 15 is 0 Å². The summed E-state index contributed by atoms with van der Waals surface area (Å²) in [4.78, 5) is 2.11. The number of unbranched alkanes of at least 4 members (excludes halogenated alkanes) is 1. The lowest BCUT2D eigenvalue weighted by atomic mass is 10.1. The summed E-state index contributed by atoms with van der Waals surface area (Å²) in [7, 11) is 1.90. The number of nitrogens with zero attached hydrogens (tertiary/aromatic N) is 1. The molecule has 2 nitrogen and oxygen atoms in total. The number of benzene rings is 1. The van der Waals surface area contributed by atoms with E-state index in [4.69, 9.17) is 0 Å². The van der Waals surface area contributed by atoms with Crippen molar-refractivity contribution >= 4 is 5.69 Å². The highest BCUT2D eigenvalue weighted by molar-refractivity contribution is 5.50. The molecule has 0 aromatic heterocycles. The van der Waals surface area contributed by atoms with Gasteiger partial charge in [0.15, 0.2) is 0 Å². The van der Waals surface area contributed by atoms with Crippen molar-refractivity contribution in [1.29, 1.82) is 0 Å². The van der Waals surface area contributed by atoms with Crippen LogP contribution in [0, 0.1) is 5.82 Å². The topological polar surface area (TPSA) is 15.3 Å². The van der Waals surface area contributed by atoms with Crippen molar-refractivity contribution in [2.24, 2.45) is 0 Å². The van der Waals surface area contributed by atoms with Crippen LogP contribution in [0.1, 0.15) is 32.3 Å². The Morgan fingerprint density at radius 3 is 2.65 bits per heavy atom. The Bertz CT molecular complexity index is 339. The lowest BCUT2D eigenvalue weighted by molar-refractivity contribution is 0.612. The van der Waals surface area contributed by atoms with Crippen molar-refractivity contribution < 1.29 is 4.39 Å². The van der Waals surface area contributed by atoms with Gasteiger partial charge in [-0.05, 0) is 38.1 Å². The van der Waals surface area contributed by atoms with E-state index in [2.05, 4.69) is 24.1 Å². The van der Waals surface area contributed by atoms with E-state index in [1.807, 2.05) is 19.2 Å². The first kappa shape index (κ1) is 14.0. The summed E-state index contributed by atoms with van der Waals surface area (Å²) in [6, 6.07) is 5.35. The second kappa shape index (κ2) is 7.28. The largest absolute Gasteiger partial charge is 0.369 e. The highest BCUT2D eigenvalue weighted by atomic mass is 19.1. The molecule has 0 unspecified atom stereocenters. The van der Waals surface area contributed by atoms with Crippen LogP contribution in [0.2, 0.25) is 0 Å². The summed E-state index contributed by atoms with van der Waals surface area (Å²) in [5, 5.41) is 3.09. The van der Waals surface area contributed by atoms with Crippen LogP contribution in [0.5, 0.6) is 0 Å². The molecule has 96 valence electrons. The van der Waals surface area contributed by atoms with E-state index in [1.165, 1.54) is 0 Å². The summed E-state index contributed by atoms with van der Waals surface area (Å²) in [5.74, 6) is -0.122. The third-order valence-corrected chi connectivity index (χ3v) is 2.90. The summed E-state index contributed by atoms with van der Waals surface area (Å²) in [6.45, 7) is 6.77. The summed E-state index contributed by atoms with van der Waals surface area (Å²) in [5.41, 5.74) is 1.85. The quantitative estimate of drug-likeness (QED) is 0.785. The fraction of sp³-hybridized carbons (Fsp3) is 0.571. The van der Waals surface area contributed by atoms with E-state index < -0.39 is 0 Å². The molecule has 1 aromatic rings.